The summed E-state index contributed by atoms with van der Waals surface area (Å²) in [6, 6.07) is 10.00. The highest BCUT2D eigenvalue weighted by atomic mass is 79.9. The van der Waals surface area contributed by atoms with Crippen molar-refractivity contribution in [2.24, 2.45) is 0 Å². The minimum Gasteiger partial charge on any atom is -0.496 e. The van der Waals surface area contributed by atoms with Crippen molar-refractivity contribution in [2.45, 2.75) is 0 Å². The van der Waals surface area contributed by atoms with Crippen molar-refractivity contribution in [2.75, 3.05) is 7.11 Å². The smallest absolute Gasteiger partial charge is 0.129 e. The molecule has 2 aromatic heterocycles. The summed E-state index contributed by atoms with van der Waals surface area (Å²) < 4.78 is 6.48. The number of halogens is 1. The quantitative estimate of drug-likeness (QED) is 0.637. The Labute approximate surface area is 127 Å². The Kier molecular flexibility index (Phi) is 3.68. The summed E-state index contributed by atoms with van der Waals surface area (Å²) in [7, 11) is 1.68. The Balaban J connectivity index is 2.04. The van der Waals surface area contributed by atoms with Crippen molar-refractivity contribution in [3.63, 3.8) is 0 Å². The molecule has 0 aliphatic carbocycles. The van der Waals surface area contributed by atoms with Crippen LogP contribution in [0.5, 0.6) is 5.75 Å². The van der Waals surface area contributed by atoms with E-state index < -0.39 is 0 Å². The molecule has 0 saturated carbocycles. The van der Waals surface area contributed by atoms with Gasteiger partial charge in [0.25, 0.3) is 0 Å². The van der Waals surface area contributed by atoms with E-state index in [9.17, 15) is 0 Å². The molecule has 0 aliphatic rings. The molecule has 0 spiro atoms. The van der Waals surface area contributed by atoms with Gasteiger partial charge in [0.15, 0.2) is 0 Å². The van der Waals surface area contributed by atoms with E-state index in [1.54, 1.807) is 29.8 Å². The van der Waals surface area contributed by atoms with E-state index in [-0.39, 0.29) is 0 Å². The number of rotatable bonds is 3. The highest BCUT2D eigenvalue weighted by molar-refractivity contribution is 9.10. The molecular weight excluding hydrogens is 342 g/mol. The molecule has 0 amide bonds. The predicted molar refractivity (Wildman–Crippen MR) is 85.1 cm³/mol. The zero-order valence-corrected chi connectivity index (χ0v) is 13.3. The maximum atomic E-state index is 5.38. The van der Waals surface area contributed by atoms with E-state index in [2.05, 4.69) is 26.7 Å². The average Bonchev–Trinajstić information content (AvgIpc) is 3.07. The summed E-state index contributed by atoms with van der Waals surface area (Å²) >= 11 is 6.87. The van der Waals surface area contributed by atoms with Crippen molar-refractivity contribution in [1.29, 1.82) is 0 Å². The van der Waals surface area contributed by atoms with Crippen LogP contribution in [0, 0.1) is 0 Å². The Morgan fingerprint density at radius 2 is 2.00 bits per heavy atom. The molecule has 0 radical (unpaired) electrons. The van der Waals surface area contributed by atoms with Crippen molar-refractivity contribution in [3.05, 3.63) is 45.6 Å². The van der Waals surface area contributed by atoms with E-state index in [4.69, 9.17) is 9.72 Å². The third-order valence-electron chi connectivity index (χ3n) is 2.69. The van der Waals surface area contributed by atoms with E-state index in [0.29, 0.717) is 0 Å². The fourth-order valence-corrected chi connectivity index (χ4v) is 4.25. The molecule has 0 unspecified atom stereocenters. The number of thiophene rings is 1. The Morgan fingerprint density at radius 1 is 1.16 bits per heavy atom. The lowest BCUT2D eigenvalue weighted by molar-refractivity contribution is 0.416. The lowest BCUT2D eigenvalue weighted by Crippen LogP contribution is -1.86. The second kappa shape index (κ2) is 5.45. The molecule has 5 heteroatoms. The van der Waals surface area contributed by atoms with Crippen LogP contribution < -0.4 is 4.74 Å². The average molecular weight is 352 g/mol. The molecule has 0 aliphatic heterocycles. The number of methoxy groups -OCH3 is 1. The fraction of sp³-hybridized carbons (Fsp3) is 0.0714. The van der Waals surface area contributed by atoms with Gasteiger partial charge in [-0.1, -0.05) is 12.1 Å². The highest BCUT2D eigenvalue weighted by Crippen LogP contribution is 2.38. The Hall–Kier alpha value is -1.17. The van der Waals surface area contributed by atoms with Crippen LogP contribution in [0.1, 0.15) is 0 Å². The number of hydrogen-bond acceptors (Lipinski definition) is 4. The minimum absolute atomic E-state index is 0.855. The number of nitrogens with zero attached hydrogens (tertiary/aromatic N) is 1. The van der Waals surface area contributed by atoms with Gasteiger partial charge >= 0.3 is 0 Å². The number of thiazole rings is 1. The van der Waals surface area contributed by atoms with Gasteiger partial charge in [-0.25, -0.2) is 4.98 Å². The van der Waals surface area contributed by atoms with E-state index in [1.165, 1.54) is 0 Å². The molecule has 0 N–H and O–H groups in total. The van der Waals surface area contributed by atoms with Crippen LogP contribution in [-0.4, -0.2) is 12.1 Å². The first kappa shape index (κ1) is 12.8. The van der Waals surface area contributed by atoms with Crippen LogP contribution in [0.4, 0.5) is 0 Å². The predicted octanol–water partition coefficient (Wildman–Crippen LogP) is 5.31. The molecule has 0 atom stereocenters. The van der Waals surface area contributed by atoms with Crippen LogP contribution in [0.2, 0.25) is 0 Å². The van der Waals surface area contributed by atoms with Gasteiger partial charge in [0, 0.05) is 9.85 Å². The standard InChI is InChI=1S/C14H10BrNOS2/c1-17-12-5-3-2-4-9(12)14-16-11(8-19-14)13-10(15)6-7-18-13/h2-8H,1H3. The first-order chi connectivity index (χ1) is 9.29. The normalized spacial score (nSPS) is 10.6. The van der Waals surface area contributed by atoms with Gasteiger partial charge in [-0.3, -0.25) is 0 Å². The van der Waals surface area contributed by atoms with Crippen LogP contribution >= 0.6 is 38.6 Å². The van der Waals surface area contributed by atoms with Gasteiger partial charge in [-0.05, 0) is 39.5 Å². The van der Waals surface area contributed by atoms with Crippen LogP contribution in [0.15, 0.2) is 45.6 Å². The SMILES string of the molecule is COc1ccccc1-c1nc(-c2sccc2Br)cs1. The first-order valence-corrected chi connectivity index (χ1v) is 8.17. The van der Waals surface area contributed by atoms with Gasteiger partial charge in [0.2, 0.25) is 0 Å². The summed E-state index contributed by atoms with van der Waals surface area (Å²) in [5.41, 5.74) is 2.04. The zero-order valence-electron chi connectivity index (χ0n) is 10.1. The van der Waals surface area contributed by atoms with E-state index in [1.807, 2.05) is 30.3 Å². The number of benzene rings is 1. The first-order valence-electron chi connectivity index (χ1n) is 5.62. The molecular formula is C14H10BrNOS2. The zero-order chi connectivity index (χ0) is 13.2. The van der Waals surface area contributed by atoms with Crippen molar-refractivity contribution < 1.29 is 4.74 Å². The van der Waals surface area contributed by atoms with Crippen molar-refractivity contribution >= 4 is 38.6 Å². The number of ether oxygens (including phenoxy) is 1. The summed E-state index contributed by atoms with van der Waals surface area (Å²) in [5, 5.41) is 5.12. The molecule has 2 nitrogen and oxygen atoms in total. The van der Waals surface area contributed by atoms with Crippen LogP contribution in [0.25, 0.3) is 21.1 Å². The molecule has 0 saturated heterocycles. The van der Waals surface area contributed by atoms with Gasteiger partial charge in [-0.15, -0.1) is 22.7 Å². The van der Waals surface area contributed by atoms with Gasteiger partial charge in [0.1, 0.15) is 10.8 Å². The molecule has 1 aromatic carbocycles. The molecule has 0 fully saturated rings. The lowest BCUT2D eigenvalue weighted by atomic mass is 10.2. The van der Waals surface area contributed by atoms with Gasteiger partial charge in [-0.2, -0.15) is 0 Å². The topological polar surface area (TPSA) is 22.1 Å². The minimum atomic E-state index is 0.855. The van der Waals surface area contributed by atoms with Gasteiger partial charge < -0.3 is 4.74 Å². The Morgan fingerprint density at radius 3 is 2.74 bits per heavy atom. The maximum Gasteiger partial charge on any atom is 0.129 e. The number of hydrogen-bond donors (Lipinski definition) is 0. The second-order valence-corrected chi connectivity index (χ2v) is 6.46. The molecule has 0 bridgehead atoms. The van der Waals surface area contributed by atoms with E-state index in [0.717, 1.165) is 31.4 Å². The number of para-hydroxylation sites is 1. The summed E-state index contributed by atoms with van der Waals surface area (Å²) in [4.78, 5) is 5.88. The van der Waals surface area contributed by atoms with Crippen molar-refractivity contribution in [1.82, 2.24) is 4.98 Å². The summed E-state index contributed by atoms with van der Waals surface area (Å²) in [6.45, 7) is 0. The van der Waals surface area contributed by atoms with Crippen molar-refractivity contribution in [3.8, 4) is 26.9 Å². The third-order valence-corrected chi connectivity index (χ3v) is 5.43. The van der Waals surface area contributed by atoms with Crippen LogP contribution in [0.3, 0.4) is 0 Å². The molecule has 3 rings (SSSR count). The largest absolute Gasteiger partial charge is 0.496 e. The highest BCUT2D eigenvalue weighted by Gasteiger charge is 2.12. The molecule has 19 heavy (non-hydrogen) atoms. The molecule has 2 heterocycles. The lowest BCUT2D eigenvalue weighted by Gasteiger charge is -2.04. The van der Waals surface area contributed by atoms with Crippen LogP contribution in [-0.2, 0) is 0 Å². The number of aromatic nitrogens is 1. The summed E-state index contributed by atoms with van der Waals surface area (Å²) in [6.07, 6.45) is 0. The van der Waals surface area contributed by atoms with E-state index >= 15 is 0 Å². The van der Waals surface area contributed by atoms with Gasteiger partial charge in [0.05, 0.1) is 23.2 Å². The monoisotopic (exact) mass is 351 g/mol. The maximum absolute atomic E-state index is 5.38. The Bertz CT molecular complexity index is 705. The summed E-state index contributed by atoms with van der Waals surface area (Å²) in [5.74, 6) is 0.855. The fourth-order valence-electron chi connectivity index (χ4n) is 1.80. The molecule has 96 valence electrons. The third kappa shape index (κ3) is 2.45. The second-order valence-electron chi connectivity index (χ2n) is 3.84. The molecule has 3 aromatic rings.